The van der Waals surface area contributed by atoms with E-state index in [1.807, 2.05) is 4.90 Å². The fourth-order valence-electron chi connectivity index (χ4n) is 2.01. The molecule has 1 aromatic heterocycles. The number of amides is 1. The summed E-state index contributed by atoms with van der Waals surface area (Å²) in [4.78, 5) is 26.2. The van der Waals surface area contributed by atoms with E-state index < -0.39 is 5.97 Å². The van der Waals surface area contributed by atoms with Crippen molar-refractivity contribution in [1.29, 1.82) is 0 Å². The van der Waals surface area contributed by atoms with Crippen LogP contribution in [0.3, 0.4) is 0 Å². The molecule has 1 N–H and O–H groups in total. The zero-order chi connectivity index (χ0) is 13.0. The first-order chi connectivity index (χ1) is 8.66. The van der Waals surface area contributed by atoms with E-state index in [9.17, 15) is 9.59 Å². The van der Waals surface area contributed by atoms with Crippen LogP contribution in [0.25, 0.3) is 0 Å². The van der Waals surface area contributed by atoms with Gasteiger partial charge in [0.15, 0.2) is 5.69 Å². The van der Waals surface area contributed by atoms with Crippen molar-refractivity contribution in [1.82, 2.24) is 15.0 Å². The van der Waals surface area contributed by atoms with Crippen molar-refractivity contribution in [2.24, 2.45) is 0 Å². The van der Waals surface area contributed by atoms with Gasteiger partial charge < -0.3 is 14.5 Å². The van der Waals surface area contributed by atoms with Crippen molar-refractivity contribution in [2.75, 3.05) is 32.7 Å². The highest BCUT2D eigenvalue weighted by Gasteiger charge is 2.22. The first kappa shape index (κ1) is 12.6. The number of aromatic nitrogens is 1. The number of carboxylic acids is 1. The molecule has 0 spiro atoms. The zero-order valence-corrected chi connectivity index (χ0v) is 9.91. The number of carbonyl (C=O) groups is 2. The molecule has 18 heavy (non-hydrogen) atoms. The van der Waals surface area contributed by atoms with Crippen LogP contribution >= 0.6 is 0 Å². The highest BCUT2D eigenvalue weighted by molar-refractivity contribution is 5.92. The quantitative estimate of drug-likeness (QED) is 0.810. The molecule has 1 saturated heterocycles. The van der Waals surface area contributed by atoms with E-state index in [1.54, 1.807) is 4.90 Å². The van der Waals surface area contributed by atoms with Crippen LogP contribution in [0.4, 0.5) is 0 Å². The Morgan fingerprint density at radius 1 is 1.33 bits per heavy atom. The third-order valence-electron chi connectivity index (χ3n) is 2.89. The number of hydrogen-bond donors (Lipinski definition) is 1. The van der Waals surface area contributed by atoms with Crippen molar-refractivity contribution in [3.63, 3.8) is 0 Å². The molecular weight excluding hydrogens is 238 g/mol. The maximum absolute atomic E-state index is 12.0. The van der Waals surface area contributed by atoms with Gasteiger partial charge in [0.2, 0.25) is 0 Å². The Labute approximate surface area is 104 Å². The predicted molar refractivity (Wildman–Crippen MR) is 61.1 cm³/mol. The average molecular weight is 253 g/mol. The van der Waals surface area contributed by atoms with Crippen LogP contribution in [0.5, 0.6) is 0 Å². The highest BCUT2D eigenvalue weighted by Crippen LogP contribution is 2.07. The number of aliphatic carboxylic acids is 1. The molecule has 0 aliphatic carbocycles. The van der Waals surface area contributed by atoms with E-state index in [0.717, 1.165) is 6.42 Å². The van der Waals surface area contributed by atoms with Gasteiger partial charge in [-0.15, -0.1) is 0 Å². The van der Waals surface area contributed by atoms with E-state index in [4.69, 9.17) is 5.11 Å². The highest BCUT2D eigenvalue weighted by atomic mass is 16.5. The van der Waals surface area contributed by atoms with Crippen molar-refractivity contribution < 1.29 is 19.2 Å². The van der Waals surface area contributed by atoms with Gasteiger partial charge in [-0.1, -0.05) is 5.16 Å². The van der Waals surface area contributed by atoms with Crippen LogP contribution in [-0.4, -0.2) is 64.7 Å². The van der Waals surface area contributed by atoms with Gasteiger partial charge in [-0.25, -0.2) is 0 Å². The fourth-order valence-corrected chi connectivity index (χ4v) is 2.01. The van der Waals surface area contributed by atoms with E-state index in [1.165, 1.54) is 12.3 Å². The van der Waals surface area contributed by atoms with Crippen LogP contribution in [0.15, 0.2) is 16.9 Å². The lowest BCUT2D eigenvalue weighted by atomic mass is 10.3. The van der Waals surface area contributed by atoms with Gasteiger partial charge in [0, 0.05) is 32.2 Å². The van der Waals surface area contributed by atoms with Crippen LogP contribution < -0.4 is 0 Å². The Kier molecular flexibility index (Phi) is 3.93. The normalized spacial score (nSPS) is 17.4. The second-order valence-corrected chi connectivity index (χ2v) is 4.20. The fraction of sp³-hybridized carbons (Fsp3) is 0.545. The average Bonchev–Trinajstić information content (AvgIpc) is 2.76. The topological polar surface area (TPSA) is 86.9 Å². The molecule has 7 nitrogen and oxygen atoms in total. The van der Waals surface area contributed by atoms with E-state index >= 15 is 0 Å². The maximum atomic E-state index is 12.0. The Balaban J connectivity index is 1.93. The van der Waals surface area contributed by atoms with Crippen LogP contribution in [0.1, 0.15) is 16.9 Å². The summed E-state index contributed by atoms with van der Waals surface area (Å²) in [5.41, 5.74) is 0.293. The van der Waals surface area contributed by atoms with Gasteiger partial charge in [0.1, 0.15) is 6.26 Å². The number of nitrogens with zero attached hydrogens (tertiary/aromatic N) is 3. The molecule has 2 heterocycles. The minimum Gasteiger partial charge on any atom is -0.480 e. The van der Waals surface area contributed by atoms with Gasteiger partial charge in [-0.05, 0) is 6.42 Å². The standard InChI is InChI=1S/C11H15N3O4/c15-10(16)8-13-3-1-4-14(6-5-13)11(17)9-2-7-18-12-9/h2,7H,1,3-6,8H2,(H,15,16). The summed E-state index contributed by atoms with van der Waals surface area (Å²) in [5, 5.41) is 12.4. The van der Waals surface area contributed by atoms with Gasteiger partial charge in [-0.3, -0.25) is 14.5 Å². The lowest BCUT2D eigenvalue weighted by Crippen LogP contribution is -2.36. The SMILES string of the molecule is O=C(O)CN1CCCN(C(=O)c2ccon2)CC1. The predicted octanol–water partition coefficient (Wildman–Crippen LogP) is -0.0929. The second kappa shape index (κ2) is 5.63. The summed E-state index contributed by atoms with van der Waals surface area (Å²) >= 11 is 0. The lowest BCUT2D eigenvalue weighted by molar-refractivity contribution is -0.138. The maximum Gasteiger partial charge on any atom is 0.317 e. The van der Waals surface area contributed by atoms with Gasteiger partial charge in [0.05, 0.1) is 6.54 Å². The second-order valence-electron chi connectivity index (χ2n) is 4.20. The molecule has 0 atom stereocenters. The Hall–Kier alpha value is -1.89. The summed E-state index contributed by atoms with van der Waals surface area (Å²) in [5.74, 6) is -1.01. The number of rotatable bonds is 3. The molecule has 0 unspecified atom stereocenters. The van der Waals surface area contributed by atoms with E-state index in [0.29, 0.717) is 31.9 Å². The Bertz CT molecular complexity index is 418. The molecule has 0 bridgehead atoms. The number of hydrogen-bond acceptors (Lipinski definition) is 5. The summed E-state index contributed by atoms with van der Waals surface area (Å²) in [6, 6.07) is 1.53. The molecule has 0 radical (unpaired) electrons. The molecule has 0 aromatic carbocycles. The number of carboxylic acid groups (broad SMARTS) is 1. The van der Waals surface area contributed by atoms with E-state index in [2.05, 4.69) is 9.68 Å². The summed E-state index contributed by atoms with van der Waals surface area (Å²) in [6.45, 7) is 2.40. The first-order valence-electron chi connectivity index (χ1n) is 5.80. The molecule has 1 amide bonds. The smallest absolute Gasteiger partial charge is 0.317 e. The Morgan fingerprint density at radius 3 is 2.83 bits per heavy atom. The molecule has 1 aliphatic rings. The van der Waals surface area contributed by atoms with Crippen molar-refractivity contribution in [3.05, 3.63) is 18.0 Å². The monoisotopic (exact) mass is 253 g/mol. The van der Waals surface area contributed by atoms with Crippen LogP contribution in [-0.2, 0) is 4.79 Å². The van der Waals surface area contributed by atoms with Gasteiger partial charge in [0.25, 0.3) is 5.91 Å². The van der Waals surface area contributed by atoms with Crippen molar-refractivity contribution >= 4 is 11.9 Å². The molecule has 1 fully saturated rings. The van der Waals surface area contributed by atoms with Crippen LogP contribution in [0, 0.1) is 0 Å². The van der Waals surface area contributed by atoms with Crippen LogP contribution in [0.2, 0.25) is 0 Å². The molecule has 1 aliphatic heterocycles. The number of carbonyl (C=O) groups excluding carboxylic acids is 1. The van der Waals surface area contributed by atoms with E-state index in [-0.39, 0.29) is 12.5 Å². The largest absolute Gasteiger partial charge is 0.480 e. The molecular formula is C11H15N3O4. The molecule has 98 valence electrons. The molecule has 2 rings (SSSR count). The summed E-state index contributed by atoms with van der Waals surface area (Å²) in [7, 11) is 0. The summed E-state index contributed by atoms with van der Waals surface area (Å²) in [6.07, 6.45) is 2.12. The first-order valence-corrected chi connectivity index (χ1v) is 5.80. The van der Waals surface area contributed by atoms with Gasteiger partial charge >= 0.3 is 5.97 Å². The minimum atomic E-state index is -0.841. The minimum absolute atomic E-state index is 0.0198. The Morgan fingerprint density at radius 2 is 2.17 bits per heavy atom. The summed E-state index contributed by atoms with van der Waals surface area (Å²) < 4.78 is 4.65. The molecule has 0 saturated carbocycles. The van der Waals surface area contributed by atoms with Crippen molar-refractivity contribution in [3.8, 4) is 0 Å². The molecule has 1 aromatic rings. The third-order valence-corrected chi connectivity index (χ3v) is 2.89. The lowest BCUT2D eigenvalue weighted by Gasteiger charge is -2.19. The van der Waals surface area contributed by atoms with Gasteiger partial charge in [-0.2, -0.15) is 0 Å². The zero-order valence-electron chi connectivity index (χ0n) is 9.91. The third kappa shape index (κ3) is 3.07. The molecule has 7 heteroatoms. The van der Waals surface area contributed by atoms with Crippen molar-refractivity contribution in [2.45, 2.75) is 6.42 Å².